The predicted molar refractivity (Wildman–Crippen MR) is 42.2 cm³/mol. The molecule has 0 aliphatic carbocycles. The maximum Gasteiger partial charge on any atom is 0.284 e. The third kappa shape index (κ3) is 3.97. The summed E-state index contributed by atoms with van der Waals surface area (Å²) in [5.41, 5.74) is 0. The first-order valence-electron chi connectivity index (χ1n) is 2.62. The lowest BCUT2D eigenvalue weighted by atomic mass is 10.6. The zero-order chi connectivity index (χ0) is 9.28. The molecule has 0 radical (unpaired) electrons. The van der Waals surface area contributed by atoms with Crippen molar-refractivity contribution in [2.75, 3.05) is 0 Å². The van der Waals surface area contributed by atoms with E-state index in [0.29, 0.717) is 0 Å². The van der Waals surface area contributed by atoms with Gasteiger partial charge in [0, 0.05) is 0 Å². The van der Waals surface area contributed by atoms with Gasteiger partial charge in [-0.25, -0.2) is 0 Å². The molecule has 5 N–H and O–H groups in total. The normalized spacial score (nSPS) is 12.7. The van der Waals surface area contributed by atoms with Gasteiger partial charge in [0.2, 0.25) is 4.58 Å². The van der Waals surface area contributed by atoms with Crippen molar-refractivity contribution in [2.45, 2.75) is 17.9 Å². The van der Waals surface area contributed by atoms with Gasteiger partial charge in [0.15, 0.2) is 0 Å². The van der Waals surface area contributed by atoms with Crippen LogP contribution >= 0.6 is 0 Å². The van der Waals surface area contributed by atoms with Crippen LogP contribution in [0.3, 0.4) is 0 Å². The van der Waals surface area contributed by atoms with Gasteiger partial charge < -0.3 is 6.15 Å². The summed E-state index contributed by atoms with van der Waals surface area (Å²) in [5, 5.41) is 0. The van der Waals surface area contributed by atoms with Crippen LogP contribution in [-0.4, -0.2) is 30.5 Å². The van der Waals surface area contributed by atoms with E-state index in [1.807, 2.05) is 0 Å². The van der Waals surface area contributed by atoms with E-state index >= 15 is 0 Å². The smallest absolute Gasteiger partial charge is 0.284 e. The summed E-state index contributed by atoms with van der Waals surface area (Å²) < 4.78 is 55.3. The van der Waals surface area contributed by atoms with Crippen LogP contribution in [0, 0.1) is 0 Å². The molecule has 0 aromatic rings. The molecular formula is C3H11NO6S2. The average Bonchev–Trinajstić information content (AvgIpc) is 1.56. The van der Waals surface area contributed by atoms with Gasteiger partial charge in [-0.2, -0.15) is 16.8 Å². The van der Waals surface area contributed by atoms with Crippen LogP contribution < -0.4 is 6.15 Å². The van der Waals surface area contributed by atoms with Crippen molar-refractivity contribution in [3.8, 4) is 0 Å². The minimum atomic E-state index is -4.71. The van der Waals surface area contributed by atoms with E-state index in [4.69, 9.17) is 9.11 Å². The fourth-order valence-electron chi connectivity index (χ4n) is 0.575. The van der Waals surface area contributed by atoms with E-state index < -0.39 is 31.2 Å². The van der Waals surface area contributed by atoms with Crippen molar-refractivity contribution < 1.29 is 25.9 Å². The molecule has 0 heterocycles. The molecule has 76 valence electrons. The maximum absolute atomic E-state index is 10.2. The SMILES string of the molecule is CCC(S(=O)(=O)O)S(=O)(=O)O.N. The highest BCUT2D eigenvalue weighted by atomic mass is 32.3. The van der Waals surface area contributed by atoms with Crippen molar-refractivity contribution in [2.24, 2.45) is 0 Å². The summed E-state index contributed by atoms with van der Waals surface area (Å²) in [6, 6.07) is 0. The second-order valence-electron chi connectivity index (χ2n) is 1.87. The van der Waals surface area contributed by atoms with E-state index in [9.17, 15) is 16.8 Å². The molecule has 9 heteroatoms. The Hall–Kier alpha value is -0.220. The third-order valence-electron chi connectivity index (χ3n) is 0.998. The van der Waals surface area contributed by atoms with Gasteiger partial charge in [0.05, 0.1) is 0 Å². The van der Waals surface area contributed by atoms with Crippen molar-refractivity contribution >= 4 is 20.2 Å². The summed E-state index contributed by atoms with van der Waals surface area (Å²) >= 11 is 0. The fraction of sp³-hybridized carbons (Fsp3) is 1.00. The molecule has 0 aromatic heterocycles. The minimum absolute atomic E-state index is 0. The van der Waals surface area contributed by atoms with Crippen LogP contribution in [0.2, 0.25) is 0 Å². The van der Waals surface area contributed by atoms with Gasteiger partial charge >= 0.3 is 0 Å². The standard InChI is InChI=1S/C3H8O6S2.H3N/c1-2-3(10(4,5)6)11(7,8)9;/h3H,2H2,1H3,(H,4,5,6)(H,7,8,9);1H3. The van der Waals surface area contributed by atoms with Gasteiger partial charge in [0.1, 0.15) is 0 Å². The van der Waals surface area contributed by atoms with Crippen molar-refractivity contribution in [1.29, 1.82) is 0 Å². The van der Waals surface area contributed by atoms with E-state index in [1.54, 1.807) is 0 Å². The van der Waals surface area contributed by atoms with Crippen LogP contribution in [0.4, 0.5) is 0 Å². The highest BCUT2D eigenvalue weighted by molar-refractivity contribution is 8.03. The fourth-order valence-corrected chi connectivity index (χ4v) is 2.65. The summed E-state index contributed by atoms with van der Waals surface area (Å²) in [6.07, 6.45) is -0.391. The summed E-state index contributed by atoms with van der Waals surface area (Å²) in [4.78, 5) is 0. The molecule has 0 aliphatic heterocycles. The molecule has 7 nitrogen and oxygen atoms in total. The molecule has 0 atom stereocenters. The molecule has 0 unspecified atom stereocenters. The van der Waals surface area contributed by atoms with E-state index in [1.165, 1.54) is 6.92 Å². The number of rotatable bonds is 3. The molecule has 0 fully saturated rings. The quantitative estimate of drug-likeness (QED) is 0.553. The topological polar surface area (TPSA) is 144 Å². The van der Waals surface area contributed by atoms with Crippen molar-refractivity contribution in [1.82, 2.24) is 6.15 Å². The Morgan fingerprint density at radius 3 is 1.33 bits per heavy atom. The van der Waals surface area contributed by atoms with Crippen molar-refractivity contribution in [3.63, 3.8) is 0 Å². The zero-order valence-electron chi connectivity index (χ0n) is 6.34. The molecule has 0 saturated heterocycles. The molecule has 12 heavy (non-hydrogen) atoms. The second kappa shape index (κ2) is 4.14. The minimum Gasteiger partial charge on any atom is -0.344 e. The predicted octanol–water partition coefficient (Wildman–Crippen LogP) is -0.340. The van der Waals surface area contributed by atoms with Gasteiger partial charge in [-0.15, -0.1) is 0 Å². The third-order valence-corrected chi connectivity index (χ3v) is 4.45. The summed E-state index contributed by atoms with van der Waals surface area (Å²) in [5.74, 6) is 0. The Labute approximate surface area is 70.9 Å². The zero-order valence-corrected chi connectivity index (χ0v) is 7.97. The van der Waals surface area contributed by atoms with E-state index in [2.05, 4.69) is 0 Å². The van der Waals surface area contributed by atoms with Gasteiger partial charge in [-0.1, -0.05) is 6.92 Å². The molecule has 0 rings (SSSR count). The van der Waals surface area contributed by atoms with Crippen LogP contribution in [0.5, 0.6) is 0 Å². The Bertz CT molecular complexity index is 283. The second-order valence-corrected chi connectivity index (χ2v) is 5.36. The Morgan fingerprint density at radius 1 is 1.08 bits per heavy atom. The molecule has 0 aromatic carbocycles. The van der Waals surface area contributed by atoms with E-state index in [0.717, 1.165) is 0 Å². The highest BCUT2D eigenvalue weighted by Gasteiger charge is 2.33. The Kier molecular flexibility index (Phi) is 4.94. The highest BCUT2D eigenvalue weighted by Crippen LogP contribution is 2.09. The van der Waals surface area contributed by atoms with Crippen LogP contribution in [0.1, 0.15) is 13.3 Å². The van der Waals surface area contributed by atoms with Crippen molar-refractivity contribution in [3.05, 3.63) is 0 Å². The number of hydrogen-bond donors (Lipinski definition) is 3. The molecule has 0 aliphatic rings. The molecule has 0 amide bonds. The summed E-state index contributed by atoms with van der Waals surface area (Å²) in [7, 11) is -9.42. The molecule has 0 spiro atoms. The molecular weight excluding hydrogens is 210 g/mol. The lowest BCUT2D eigenvalue weighted by molar-refractivity contribution is 0.453. The average molecular weight is 221 g/mol. The number of hydrogen-bond acceptors (Lipinski definition) is 5. The van der Waals surface area contributed by atoms with Crippen LogP contribution in [-0.2, 0) is 20.2 Å². The largest absolute Gasteiger partial charge is 0.344 e. The first kappa shape index (κ1) is 14.3. The molecule has 0 bridgehead atoms. The van der Waals surface area contributed by atoms with E-state index in [-0.39, 0.29) is 6.15 Å². The summed E-state index contributed by atoms with van der Waals surface area (Å²) in [6.45, 7) is 1.21. The lowest BCUT2D eigenvalue weighted by Gasteiger charge is -2.05. The van der Waals surface area contributed by atoms with Gasteiger partial charge in [0.25, 0.3) is 20.2 Å². The van der Waals surface area contributed by atoms with Gasteiger partial charge in [-0.3, -0.25) is 9.11 Å². The van der Waals surface area contributed by atoms with Gasteiger partial charge in [-0.05, 0) is 6.42 Å². The monoisotopic (exact) mass is 221 g/mol. The first-order valence-corrected chi connectivity index (χ1v) is 5.63. The lowest BCUT2D eigenvalue weighted by Crippen LogP contribution is -2.28. The van der Waals surface area contributed by atoms with Crippen LogP contribution in [0.25, 0.3) is 0 Å². The Balaban J connectivity index is 0. The maximum atomic E-state index is 10.2. The van der Waals surface area contributed by atoms with Crippen LogP contribution in [0.15, 0.2) is 0 Å². The first-order chi connectivity index (χ1) is 4.69. The molecule has 0 saturated carbocycles. The Morgan fingerprint density at radius 2 is 1.33 bits per heavy atom.